The number of alkyl halides is 2. The van der Waals surface area contributed by atoms with Gasteiger partial charge in [-0.1, -0.05) is 48.5 Å². The molecule has 1 saturated heterocycles. The molecule has 1 amide bonds. The fourth-order valence-corrected chi connectivity index (χ4v) is 7.39. The van der Waals surface area contributed by atoms with Crippen molar-refractivity contribution >= 4 is 27.5 Å². The second-order valence-electron chi connectivity index (χ2n) is 10.8. The molecular formula is C29H38ClFN2O5S. The van der Waals surface area contributed by atoms with Gasteiger partial charge in [-0.05, 0) is 56.2 Å². The number of carbonyl (C=O) groups is 1. The van der Waals surface area contributed by atoms with Crippen molar-refractivity contribution in [3.63, 3.8) is 0 Å². The predicted octanol–water partition coefficient (Wildman–Crippen LogP) is 3.94. The zero-order valence-corrected chi connectivity index (χ0v) is 23.6. The molecule has 2 aromatic rings. The molecule has 4 rings (SSSR count). The molecule has 3 unspecified atom stereocenters. The van der Waals surface area contributed by atoms with Gasteiger partial charge in [0, 0.05) is 37.4 Å². The lowest BCUT2D eigenvalue weighted by molar-refractivity contribution is -0.127. The first kappa shape index (κ1) is 29.9. The lowest BCUT2D eigenvalue weighted by atomic mass is 9.95. The second-order valence-corrected chi connectivity index (χ2v) is 13.0. The number of rotatable bonds is 13. The maximum absolute atomic E-state index is 13.6. The van der Waals surface area contributed by atoms with Gasteiger partial charge in [0.15, 0.2) is 0 Å². The average molecular weight is 581 g/mol. The monoisotopic (exact) mass is 580 g/mol. The highest BCUT2D eigenvalue weighted by Gasteiger charge is 2.45. The third kappa shape index (κ3) is 7.58. The molecule has 214 valence electrons. The molecule has 39 heavy (non-hydrogen) atoms. The first-order chi connectivity index (χ1) is 18.8. The SMILES string of the molecule is O=C(N[C@@H](Cc1ccccc1)[C@H](O)CN(CC(CF)CCl)S(=O)(=O)c1ccccc1)C1CCC2(CCCO2)C1. The van der Waals surface area contributed by atoms with Gasteiger partial charge in [-0.15, -0.1) is 11.6 Å². The van der Waals surface area contributed by atoms with Crippen LogP contribution in [0.5, 0.6) is 0 Å². The first-order valence-electron chi connectivity index (χ1n) is 13.6. The zero-order chi connectivity index (χ0) is 27.9. The van der Waals surface area contributed by atoms with Crippen molar-refractivity contribution in [3.05, 3.63) is 66.2 Å². The Hall–Kier alpha value is -2.04. The number of benzene rings is 2. The molecule has 7 nitrogen and oxygen atoms in total. The summed E-state index contributed by atoms with van der Waals surface area (Å²) < 4.78 is 47.8. The Morgan fingerprint density at radius 1 is 1.13 bits per heavy atom. The van der Waals surface area contributed by atoms with E-state index in [1.54, 1.807) is 18.2 Å². The molecule has 1 aliphatic carbocycles. The van der Waals surface area contributed by atoms with Crippen LogP contribution < -0.4 is 5.32 Å². The van der Waals surface area contributed by atoms with Gasteiger partial charge in [0.1, 0.15) is 0 Å². The number of halogens is 2. The van der Waals surface area contributed by atoms with Crippen LogP contribution in [0, 0.1) is 11.8 Å². The second kappa shape index (κ2) is 13.5. The van der Waals surface area contributed by atoms with Crippen LogP contribution in [0.15, 0.2) is 65.6 Å². The van der Waals surface area contributed by atoms with Gasteiger partial charge >= 0.3 is 0 Å². The van der Waals surface area contributed by atoms with E-state index in [0.717, 1.165) is 35.7 Å². The van der Waals surface area contributed by atoms with Crippen molar-refractivity contribution in [1.29, 1.82) is 0 Å². The van der Waals surface area contributed by atoms with E-state index in [4.69, 9.17) is 16.3 Å². The first-order valence-corrected chi connectivity index (χ1v) is 15.6. The third-order valence-electron chi connectivity index (χ3n) is 7.88. The summed E-state index contributed by atoms with van der Waals surface area (Å²) in [6, 6.07) is 16.5. The Morgan fingerprint density at radius 2 is 1.82 bits per heavy atom. The average Bonchev–Trinajstić information content (AvgIpc) is 3.60. The maximum Gasteiger partial charge on any atom is 0.243 e. The number of hydrogen-bond donors (Lipinski definition) is 2. The normalized spacial score (nSPS) is 23.6. The minimum absolute atomic E-state index is 0.0424. The maximum atomic E-state index is 13.6. The Labute approximate surface area is 235 Å². The number of amides is 1. The van der Waals surface area contributed by atoms with Crippen LogP contribution in [0.3, 0.4) is 0 Å². The molecule has 1 saturated carbocycles. The highest BCUT2D eigenvalue weighted by molar-refractivity contribution is 7.89. The topological polar surface area (TPSA) is 95.9 Å². The summed E-state index contributed by atoms with van der Waals surface area (Å²) in [5.74, 6) is -1.20. The Bertz CT molecular complexity index is 1160. The highest BCUT2D eigenvalue weighted by atomic mass is 35.5. The van der Waals surface area contributed by atoms with E-state index in [1.165, 1.54) is 12.1 Å². The Morgan fingerprint density at radius 3 is 2.44 bits per heavy atom. The molecule has 1 heterocycles. The standard InChI is InChI=1S/C29H38ClFN2O5S/c30-18-23(19-31)20-33(39(36,37)25-10-5-2-6-11-25)21-27(34)26(16-22-8-3-1-4-9-22)32-28(35)24-12-14-29(17-24)13-7-15-38-29/h1-6,8-11,23-24,26-27,34H,7,12-21H2,(H,32,35)/t23?,24?,26-,27+,29?/m0/s1. The summed E-state index contributed by atoms with van der Waals surface area (Å²) >= 11 is 5.92. The van der Waals surface area contributed by atoms with Gasteiger partial charge in [0.25, 0.3) is 0 Å². The Kier molecular flexibility index (Phi) is 10.4. The number of hydrogen-bond acceptors (Lipinski definition) is 5. The molecule has 0 radical (unpaired) electrons. The van der Waals surface area contributed by atoms with Crippen molar-refractivity contribution in [1.82, 2.24) is 9.62 Å². The van der Waals surface area contributed by atoms with E-state index in [1.807, 2.05) is 30.3 Å². The van der Waals surface area contributed by atoms with Gasteiger partial charge in [0.05, 0.1) is 29.3 Å². The fourth-order valence-electron chi connectivity index (χ4n) is 5.65. The molecular weight excluding hydrogens is 543 g/mol. The highest BCUT2D eigenvalue weighted by Crippen LogP contribution is 2.44. The number of aliphatic hydroxyl groups excluding tert-OH is 1. The van der Waals surface area contributed by atoms with Gasteiger partial charge in [-0.25, -0.2) is 8.42 Å². The van der Waals surface area contributed by atoms with E-state index < -0.39 is 34.8 Å². The molecule has 2 fully saturated rings. The fraction of sp³-hybridized carbons (Fsp3) is 0.552. The van der Waals surface area contributed by atoms with Crippen molar-refractivity contribution in [2.45, 2.75) is 61.2 Å². The van der Waals surface area contributed by atoms with E-state index >= 15 is 0 Å². The summed E-state index contributed by atoms with van der Waals surface area (Å²) in [6.07, 6.45) is 3.21. The van der Waals surface area contributed by atoms with E-state index in [2.05, 4.69) is 5.32 Å². The van der Waals surface area contributed by atoms with Crippen molar-refractivity contribution in [2.24, 2.45) is 11.8 Å². The van der Waals surface area contributed by atoms with Crippen LogP contribution >= 0.6 is 11.6 Å². The van der Waals surface area contributed by atoms with Crippen LogP contribution in [-0.2, 0) is 26.0 Å². The predicted molar refractivity (Wildman–Crippen MR) is 149 cm³/mol. The molecule has 10 heteroatoms. The zero-order valence-electron chi connectivity index (χ0n) is 22.1. The smallest absolute Gasteiger partial charge is 0.243 e. The molecule has 1 aliphatic heterocycles. The van der Waals surface area contributed by atoms with Crippen LogP contribution in [0.4, 0.5) is 4.39 Å². The van der Waals surface area contributed by atoms with E-state index in [-0.39, 0.29) is 41.3 Å². The van der Waals surface area contributed by atoms with E-state index in [9.17, 15) is 22.7 Å². The summed E-state index contributed by atoms with van der Waals surface area (Å²) in [5, 5.41) is 14.5. The Balaban J connectivity index is 1.54. The van der Waals surface area contributed by atoms with Gasteiger partial charge in [-0.3, -0.25) is 9.18 Å². The molecule has 2 aromatic carbocycles. The van der Waals surface area contributed by atoms with Crippen molar-refractivity contribution in [3.8, 4) is 0 Å². The molecule has 0 aromatic heterocycles. The van der Waals surface area contributed by atoms with Gasteiger partial charge in [-0.2, -0.15) is 4.31 Å². The van der Waals surface area contributed by atoms with Crippen LogP contribution in [0.1, 0.15) is 37.7 Å². The quantitative estimate of drug-likeness (QED) is 0.350. The number of ether oxygens (including phenoxy) is 1. The van der Waals surface area contributed by atoms with Gasteiger partial charge < -0.3 is 15.2 Å². The minimum Gasteiger partial charge on any atom is -0.390 e. The number of sulfonamides is 1. The minimum atomic E-state index is -4.06. The van der Waals surface area contributed by atoms with Gasteiger partial charge in [0.2, 0.25) is 15.9 Å². The molecule has 2 N–H and O–H groups in total. The molecule has 2 aliphatic rings. The molecule has 5 atom stereocenters. The number of nitrogens with zero attached hydrogens (tertiary/aromatic N) is 1. The van der Waals surface area contributed by atoms with Crippen LogP contribution in [0.2, 0.25) is 0 Å². The number of nitrogens with one attached hydrogen (secondary N) is 1. The largest absolute Gasteiger partial charge is 0.390 e. The lowest BCUT2D eigenvalue weighted by Crippen LogP contribution is -2.52. The summed E-state index contributed by atoms with van der Waals surface area (Å²) in [7, 11) is -4.06. The summed E-state index contributed by atoms with van der Waals surface area (Å²) in [5.41, 5.74) is 0.669. The number of carbonyl (C=O) groups excluding carboxylic acids is 1. The number of aliphatic hydroxyl groups is 1. The van der Waals surface area contributed by atoms with Crippen molar-refractivity contribution < 1.29 is 27.4 Å². The van der Waals surface area contributed by atoms with E-state index in [0.29, 0.717) is 19.3 Å². The summed E-state index contributed by atoms with van der Waals surface area (Å²) in [6.45, 7) is -0.587. The van der Waals surface area contributed by atoms with Crippen LogP contribution in [0.25, 0.3) is 0 Å². The van der Waals surface area contributed by atoms with Crippen LogP contribution in [-0.4, -0.2) is 73.7 Å². The molecule has 1 spiro atoms. The summed E-state index contributed by atoms with van der Waals surface area (Å²) in [4.78, 5) is 13.4. The molecule has 0 bridgehead atoms. The lowest BCUT2D eigenvalue weighted by Gasteiger charge is -2.31. The van der Waals surface area contributed by atoms with Crippen molar-refractivity contribution in [2.75, 3.05) is 32.3 Å². The third-order valence-corrected chi connectivity index (χ3v) is 10.2.